The van der Waals surface area contributed by atoms with Crippen molar-refractivity contribution in [1.29, 1.82) is 0 Å². The quantitative estimate of drug-likeness (QED) is 0.852. The Balaban J connectivity index is 1.90. The SMILES string of the molecule is CC(C)(C)C(=O)ON1CCN(c2ncncc2N)CC1. The first-order chi connectivity index (χ1) is 9.38. The number of rotatable bonds is 2. The van der Waals surface area contributed by atoms with E-state index >= 15 is 0 Å². The third-order valence-electron chi connectivity index (χ3n) is 3.08. The monoisotopic (exact) mass is 279 g/mol. The lowest BCUT2D eigenvalue weighted by atomic mass is 9.98. The summed E-state index contributed by atoms with van der Waals surface area (Å²) in [4.78, 5) is 27.3. The molecule has 0 radical (unpaired) electrons. The van der Waals surface area contributed by atoms with Crippen LogP contribution in [0.3, 0.4) is 0 Å². The highest BCUT2D eigenvalue weighted by Crippen LogP contribution is 2.21. The highest BCUT2D eigenvalue weighted by molar-refractivity contribution is 5.75. The van der Waals surface area contributed by atoms with Crippen LogP contribution in [0.25, 0.3) is 0 Å². The van der Waals surface area contributed by atoms with Gasteiger partial charge >= 0.3 is 5.97 Å². The Morgan fingerprint density at radius 1 is 1.30 bits per heavy atom. The molecule has 0 atom stereocenters. The fourth-order valence-electron chi connectivity index (χ4n) is 1.84. The Kier molecular flexibility index (Phi) is 4.08. The number of nitrogens with two attached hydrogens (primary N) is 1. The molecule has 1 aromatic rings. The predicted molar refractivity (Wildman–Crippen MR) is 75.8 cm³/mol. The molecule has 0 bridgehead atoms. The average molecular weight is 279 g/mol. The lowest BCUT2D eigenvalue weighted by Crippen LogP contribution is -2.48. The Hall–Kier alpha value is -1.89. The van der Waals surface area contributed by atoms with E-state index < -0.39 is 5.41 Å². The van der Waals surface area contributed by atoms with E-state index in [1.54, 1.807) is 11.3 Å². The number of aromatic nitrogens is 2. The first-order valence-corrected chi connectivity index (χ1v) is 6.65. The molecule has 0 aliphatic carbocycles. The van der Waals surface area contributed by atoms with E-state index in [0.717, 1.165) is 5.82 Å². The highest BCUT2D eigenvalue weighted by atomic mass is 16.7. The van der Waals surface area contributed by atoms with Gasteiger partial charge in [-0.05, 0) is 20.8 Å². The van der Waals surface area contributed by atoms with E-state index in [1.807, 2.05) is 20.8 Å². The van der Waals surface area contributed by atoms with Gasteiger partial charge in [-0.15, -0.1) is 5.06 Å². The molecule has 0 amide bonds. The second-order valence-corrected chi connectivity index (χ2v) is 5.85. The molecule has 0 aromatic carbocycles. The van der Waals surface area contributed by atoms with Crippen LogP contribution >= 0.6 is 0 Å². The Labute approximate surface area is 118 Å². The molecule has 0 spiro atoms. The van der Waals surface area contributed by atoms with Gasteiger partial charge in [-0.25, -0.2) is 14.8 Å². The van der Waals surface area contributed by atoms with Gasteiger partial charge in [0.2, 0.25) is 0 Å². The number of anilines is 2. The normalized spacial score (nSPS) is 17.1. The lowest BCUT2D eigenvalue weighted by molar-refractivity contribution is -0.201. The number of carbonyl (C=O) groups excluding carboxylic acids is 1. The minimum atomic E-state index is -0.492. The average Bonchev–Trinajstić information content (AvgIpc) is 2.39. The number of hydrogen-bond acceptors (Lipinski definition) is 7. The molecule has 1 aliphatic rings. The Morgan fingerprint density at radius 2 is 1.95 bits per heavy atom. The van der Waals surface area contributed by atoms with Crippen molar-refractivity contribution < 1.29 is 9.63 Å². The van der Waals surface area contributed by atoms with Crippen molar-refractivity contribution in [2.75, 3.05) is 36.8 Å². The molecule has 20 heavy (non-hydrogen) atoms. The Bertz CT molecular complexity index is 478. The van der Waals surface area contributed by atoms with Crippen LogP contribution in [0, 0.1) is 5.41 Å². The molecule has 1 saturated heterocycles. The van der Waals surface area contributed by atoms with E-state index in [4.69, 9.17) is 10.6 Å². The minimum Gasteiger partial charge on any atom is -0.394 e. The van der Waals surface area contributed by atoms with Crippen molar-refractivity contribution in [3.63, 3.8) is 0 Å². The molecule has 2 N–H and O–H groups in total. The van der Waals surface area contributed by atoms with Gasteiger partial charge in [-0.2, -0.15) is 0 Å². The van der Waals surface area contributed by atoms with Crippen molar-refractivity contribution in [2.24, 2.45) is 5.41 Å². The molecular formula is C13H21N5O2. The third kappa shape index (κ3) is 3.36. The molecule has 1 aliphatic heterocycles. The van der Waals surface area contributed by atoms with Gasteiger partial charge in [0, 0.05) is 13.1 Å². The topological polar surface area (TPSA) is 84.6 Å². The van der Waals surface area contributed by atoms with Gasteiger partial charge in [-0.1, -0.05) is 0 Å². The predicted octanol–water partition coefficient (Wildman–Crippen LogP) is 0.685. The summed E-state index contributed by atoms with van der Waals surface area (Å²) in [5.41, 5.74) is 5.93. The summed E-state index contributed by atoms with van der Waals surface area (Å²) in [6.07, 6.45) is 3.08. The van der Waals surface area contributed by atoms with Crippen molar-refractivity contribution in [2.45, 2.75) is 20.8 Å². The summed E-state index contributed by atoms with van der Waals surface area (Å²) in [5.74, 6) is 0.522. The number of nitrogen functional groups attached to an aromatic ring is 1. The number of piperazine rings is 1. The molecule has 2 rings (SSSR count). The molecule has 1 aromatic heterocycles. The molecule has 0 saturated carbocycles. The van der Waals surface area contributed by atoms with Crippen LogP contribution in [-0.2, 0) is 9.63 Å². The second kappa shape index (κ2) is 5.62. The number of hydroxylamine groups is 2. The summed E-state index contributed by atoms with van der Waals surface area (Å²) in [6, 6.07) is 0. The van der Waals surface area contributed by atoms with Crippen molar-refractivity contribution in [3.8, 4) is 0 Å². The van der Waals surface area contributed by atoms with Crippen LogP contribution in [0.4, 0.5) is 11.5 Å². The first-order valence-electron chi connectivity index (χ1n) is 6.65. The fraction of sp³-hybridized carbons (Fsp3) is 0.615. The lowest BCUT2D eigenvalue weighted by Gasteiger charge is -2.35. The molecular weight excluding hydrogens is 258 g/mol. The summed E-state index contributed by atoms with van der Waals surface area (Å²) in [6.45, 7) is 8.20. The fourth-order valence-corrected chi connectivity index (χ4v) is 1.84. The van der Waals surface area contributed by atoms with Crippen LogP contribution in [0.15, 0.2) is 12.5 Å². The summed E-state index contributed by atoms with van der Waals surface area (Å²) in [7, 11) is 0. The van der Waals surface area contributed by atoms with E-state index in [9.17, 15) is 4.79 Å². The molecule has 7 nitrogen and oxygen atoms in total. The highest BCUT2D eigenvalue weighted by Gasteiger charge is 2.28. The van der Waals surface area contributed by atoms with Gasteiger partial charge in [0.1, 0.15) is 6.33 Å². The summed E-state index contributed by atoms with van der Waals surface area (Å²) < 4.78 is 0. The van der Waals surface area contributed by atoms with E-state index in [1.165, 1.54) is 6.33 Å². The van der Waals surface area contributed by atoms with Gasteiger partial charge in [0.25, 0.3) is 0 Å². The zero-order valence-corrected chi connectivity index (χ0v) is 12.2. The molecule has 110 valence electrons. The zero-order chi connectivity index (χ0) is 14.8. The summed E-state index contributed by atoms with van der Waals surface area (Å²) in [5, 5.41) is 1.70. The maximum absolute atomic E-state index is 11.8. The van der Waals surface area contributed by atoms with Crippen LogP contribution in [-0.4, -0.2) is 47.2 Å². The second-order valence-electron chi connectivity index (χ2n) is 5.85. The van der Waals surface area contributed by atoms with E-state index in [0.29, 0.717) is 31.9 Å². The van der Waals surface area contributed by atoms with Gasteiger partial charge in [0.05, 0.1) is 30.4 Å². The molecule has 0 unspecified atom stereocenters. The van der Waals surface area contributed by atoms with Crippen LogP contribution in [0.1, 0.15) is 20.8 Å². The minimum absolute atomic E-state index is 0.215. The van der Waals surface area contributed by atoms with Gasteiger partial charge < -0.3 is 15.5 Å². The van der Waals surface area contributed by atoms with Crippen molar-refractivity contribution >= 4 is 17.5 Å². The number of hydrogen-bond donors (Lipinski definition) is 1. The van der Waals surface area contributed by atoms with Crippen LogP contribution < -0.4 is 10.6 Å². The van der Waals surface area contributed by atoms with Crippen LogP contribution in [0.5, 0.6) is 0 Å². The molecule has 7 heteroatoms. The van der Waals surface area contributed by atoms with Crippen LogP contribution in [0.2, 0.25) is 0 Å². The standard InChI is InChI=1S/C13H21N5O2/c1-13(2,3)12(19)20-18-6-4-17(5-7-18)11-10(14)8-15-9-16-11/h8-9H,4-7,14H2,1-3H3. The van der Waals surface area contributed by atoms with Crippen molar-refractivity contribution in [3.05, 3.63) is 12.5 Å². The molecule has 1 fully saturated rings. The molecule has 2 heterocycles. The van der Waals surface area contributed by atoms with Crippen molar-refractivity contribution in [1.82, 2.24) is 15.0 Å². The summed E-state index contributed by atoms with van der Waals surface area (Å²) >= 11 is 0. The maximum atomic E-state index is 11.8. The van der Waals surface area contributed by atoms with E-state index in [2.05, 4.69) is 14.9 Å². The maximum Gasteiger partial charge on any atom is 0.330 e. The zero-order valence-electron chi connectivity index (χ0n) is 12.2. The smallest absolute Gasteiger partial charge is 0.330 e. The number of nitrogens with zero attached hydrogens (tertiary/aromatic N) is 4. The third-order valence-corrected chi connectivity index (χ3v) is 3.08. The first kappa shape index (κ1) is 14.5. The van der Waals surface area contributed by atoms with Gasteiger partial charge in [0.15, 0.2) is 5.82 Å². The van der Waals surface area contributed by atoms with E-state index in [-0.39, 0.29) is 5.97 Å². The largest absolute Gasteiger partial charge is 0.394 e. The van der Waals surface area contributed by atoms with Gasteiger partial charge in [-0.3, -0.25) is 0 Å². The Morgan fingerprint density at radius 3 is 2.50 bits per heavy atom. The number of carbonyl (C=O) groups is 1.